The standard InChI is InChI=1S/C15H28N4O4S/c1-24(22,23)13-6-2-5-12(8-13)18-15(21)19-7-3-4-11(10-19)9-17-14(16)20/h11-13H,2-10H2,1H3,(H,18,21)(H3,16,17,20). The van der Waals surface area contributed by atoms with E-state index < -0.39 is 15.9 Å². The second-order valence-corrected chi connectivity index (χ2v) is 9.29. The molecule has 0 radical (unpaired) electrons. The molecular formula is C15H28N4O4S. The zero-order valence-corrected chi connectivity index (χ0v) is 15.0. The van der Waals surface area contributed by atoms with Crippen LogP contribution in [0.15, 0.2) is 0 Å². The molecule has 4 N–H and O–H groups in total. The second-order valence-electron chi connectivity index (χ2n) is 6.96. The van der Waals surface area contributed by atoms with Crippen molar-refractivity contribution in [3.05, 3.63) is 0 Å². The number of rotatable bonds is 4. The average Bonchev–Trinajstić information content (AvgIpc) is 2.52. The van der Waals surface area contributed by atoms with E-state index in [2.05, 4.69) is 10.6 Å². The number of nitrogens with zero attached hydrogens (tertiary/aromatic N) is 1. The van der Waals surface area contributed by atoms with E-state index in [0.29, 0.717) is 32.5 Å². The van der Waals surface area contributed by atoms with Gasteiger partial charge in [-0.25, -0.2) is 18.0 Å². The van der Waals surface area contributed by atoms with E-state index in [-0.39, 0.29) is 23.2 Å². The predicted octanol–water partition coefficient (Wildman–Crippen LogP) is 0.432. The third-order valence-electron chi connectivity index (χ3n) is 4.93. The molecule has 0 aromatic heterocycles. The fraction of sp³-hybridized carbons (Fsp3) is 0.867. The van der Waals surface area contributed by atoms with Gasteiger partial charge in [0.1, 0.15) is 9.84 Å². The van der Waals surface area contributed by atoms with Gasteiger partial charge in [0, 0.05) is 31.9 Å². The quantitative estimate of drug-likeness (QED) is 0.673. The van der Waals surface area contributed by atoms with Gasteiger partial charge in [0.15, 0.2) is 0 Å². The Kier molecular flexibility index (Phi) is 6.31. The van der Waals surface area contributed by atoms with Crippen LogP contribution in [-0.2, 0) is 9.84 Å². The predicted molar refractivity (Wildman–Crippen MR) is 91.3 cm³/mol. The van der Waals surface area contributed by atoms with Gasteiger partial charge in [0.25, 0.3) is 0 Å². The summed E-state index contributed by atoms with van der Waals surface area (Å²) in [6.07, 6.45) is 5.90. The number of nitrogens with two attached hydrogens (primary N) is 1. The van der Waals surface area contributed by atoms with E-state index in [0.717, 1.165) is 25.7 Å². The molecule has 1 saturated heterocycles. The lowest BCUT2D eigenvalue weighted by atomic mass is 9.95. The van der Waals surface area contributed by atoms with Crippen LogP contribution in [0.2, 0.25) is 0 Å². The smallest absolute Gasteiger partial charge is 0.317 e. The molecule has 1 aliphatic carbocycles. The molecule has 2 rings (SSSR count). The van der Waals surface area contributed by atoms with Crippen molar-refractivity contribution in [1.29, 1.82) is 0 Å². The first kappa shape index (κ1) is 18.8. The molecule has 0 aromatic rings. The van der Waals surface area contributed by atoms with E-state index in [1.165, 1.54) is 6.26 Å². The summed E-state index contributed by atoms with van der Waals surface area (Å²) in [6.45, 7) is 1.73. The Balaban J connectivity index is 1.84. The highest BCUT2D eigenvalue weighted by Crippen LogP contribution is 2.24. The van der Waals surface area contributed by atoms with E-state index in [4.69, 9.17) is 5.73 Å². The lowest BCUT2D eigenvalue weighted by Crippen LogP contribution is -2.51. The number of carbonyl (C=O) groups is 2. The van der Waals surface area contributed by atoms with Crippen LogP contribution < -0.4 is 16.4 Å². The first-order valence-corrected chi connectivity index (χ1v) is 10.5. The molecule has 24 heavy (non-hydrogen) atoms. The molecule has 1 saturated carbocycles. The van der Waals surface area contributed by atoms with Gasteiger partial charge < -0.3 is 21.3 Å². The van der Waals surface area contributed by atoms with Gasteiger partial charge in [0.05, 0.1) is 5.25 Å². The van der Waals surface area contributed by atoms with Crippen molar-refractivity contribution >= 4 is 21.9 Å². The Hall–Kier alpha value is -1.51. The lowest BCUT2D eigenvalue weighted by molar-refractivity contribution is 0.159. The summed E-state index contributed by atoms with van der Waals surface area (Å²) in [7, 11) is -3.06. The summed E-state index contributed by atoms with van der Waals surface area (Å²) in [5.74, 6) is 0.201. The van der Waals surface area contributed by atoms with E-state index in [1.54, 1.807) is 4.90 Å². The third kappa shape index (κ3) is 5.54. The molecule has 0 bridgehead atoms. The summed E-state index contributed by atoms with van der Waals surface area (Å²) >= 11 is 0. The second kappa shape index (κ2) is 8.04. The van der Waals surface area contributed by atoms with Crippen LogP contribution in [0.3, 0.4) is 0 Å². The normalized spacial score (nSPS) is 28.2. The molecule has 0 aromatic carbocycles. The fourth-order valence-corrected chi connectivity index (χ4v) is 4.77. The van der Waals surface area contributed by atoms with Crippen LogP contribution in [0, 0.1) is 5.92 Å². The zero-order valence-electron chi connectivity index (χ0n) is 14.2. The number of amides is 4. The Morgan fingerprint density at radius 1 is 1.21 bits per heavy atom. The monoisotopic (exact) mass is 360 g/mol. The third-order valence-corrected chi connectivity index (χ3v) is 6.57. The molecule has 2 fully saturated rings. The first-order valence-electron chi connectivity index (χ1n) is 8.53. The molecule has 1 aliphatic heterocycles. The molecule has 3 unspecified atom stereocenters. The Labute approximate surface area is 143 Å². The van der Waals surface area contributed by atoms with E-state index in [1.807, 2.05) is 0 Å². The Morgan fingerprint density at radius 2 is 1.96 bits per heavy atom. The van der Waals surface area contributed by atoms with Gasteiger partial charge in [-0.2, -0.15) is 0 Å². The largest absolute Gasteiger partial charge is 0.352 e. The number of likely N-dealkylation sites (tertiary alicyclic amines) is 1. The minimum Gasteiger partial charge on any atom is -0.352 e. The number of sulfone groups is 1. The van der Waals surface area contributed by atoms with Crippen LogP contribution >= 0.6 is 0 Å². The highest BCUT2D eigenvalue weighted by molar-refractivity contribution is 7.91. The molecule has 9 heteroatoms. The van der Waals surface area contributed by atoms with Gasteiger partial charge in [-0.15, -0.1) is 0 Å². The highest BCUT2D eigenvalue weighted by atomic mass is 32.2. The molecule has 1 heterocycles. The van der Waals surface area contributed by atoms with Crippen molar-refractivity contribution in [2.45, 2.75) is 49.8 Å². The van der Waals surface area contributed by atoms with Crippen LogP contribution in [0.1, 0.15) is 38.5 Å². The summed E-state index contributed by atoms with van der Waals surface area (Å²) < 4.78 is 23.4. The lowest BCUT2D eigenvalue weighted by Gasteiger charge is -2.35. The SMILES string of the molecule is CS(=O)(=O)C1CCCC(NC(=O)N2CCCC(CNC(N)=O)C2)C1. The first-order chi connectivity index (χ1) is 11.3. The fourth-order valence-electron chi connectivity index (χ4n) is 3.59. The van der Waals surface area contributed by atoms with Crippen molar-refractivity contribution in [1.82, 2.24) is 15.5 Å². The number of carbonyl (C=O) groups excluding carboxylic acids is 2. The van der Waals surface area contributed by atoms with Crippen molar-refractivity contribution in [2.24, 2.45) is 11.7 Å². The number of hydrogen-bond acceptors (Lipinski definition) is 4. The highest BCUT2D eigenvalue weighted by Gasteiger charge is 2.31. The molecule has 0 spiro atoms. The summed E-state index contributed by atoms with van der Waals surface area (Å²) in [5.41, 5.74) is 5.08. The van der Waals surface area contributed by atoms with Gasteiger partial charge in [-0.3, -0.25) is 0 Å². The van der Waals surface area contributed by atoms with Crippen molar-refractivity contribution in [2.75, 3.05) is 25.9 Å². The number of hydrogen-bond donors (Lipinski definition) is 3. The summed E-state index contributed by atoms with van der Waals surface area (Å²) in [6, 6.07) is -0.779. The Morgan fingerprint density at radius 3 is 2.62 bits per heavy atom. The molecule has 2 aliphatic rings. The maximum Gasteiger partial charge on any atom is 0.317 e. The topological polar surface area (TPSA) is 122 Å². The number of nitrogens with one attached hydrogen (secondary N) is 2. The summed E-state index contributed by atoms with van der Waals surface area (Å²) in [5, 5.41) is 5.22. The minimum atomic E-state index is -3.06. The van der Waals surface area contributed by atoms with Crippen molar-refractivity contribution in [3.8, 4) is 0 Å². The Bertz CT molecular complexity index is 566. The van der Waals surface area contributed by atoms with Crippen LogP contribution in [0.5, 0.6) is 0 Å². The minimum absolute atomic E-state index is 0.0879. The van der Waals surface area contributed by atoms with Gasteiger partial charge in [-0.1, -0.05) is 6.42 Å². The number of piperidine rings is 1. The molecule has 138 valence electrons. The number of urea groups is 2. The van der Waals surface area contributed by atoms with Crippen LogP contribution in [-0.4, -0.2) is 62.6 Å². The van der Waals surface area contributed by atoms with Crippen LogP contribution in [0.4, 0.5) is 9.59 Å². The van der Waals surface area contributed by atoms with Gasteiger partial charge in [-0.05, 0) is 38.0 Å². The molecule has 3 atom stereocenters. The average molecular weight is 360 g/mol. The number of primary amides is 1. The van der Waals surface area contributed by atoms with Crippen molar-refractivity contribution in [3.63, 3.8) is 0 Å². The van der Waals surface area contributed by atoms with Crippen molar-refractivity contribution < 1.29 is 18.0 Å². The zero-order chi connectivity index (χ0) is 17.7. The molecular weight excluding hydrogens is 332 g/mol. The maximum atomic E-state index is 12.5. The van der Waals surface area contributed by atoms with E-state index in [9.17, 15) is 18.0 Å². The maximum absolute atomic E-state index is 12.5. The van der Waals surface area contributed by atoms with E-state index >= 15 is 0 Å². The van der Waals surface area contributed by atoms with Crippen LogP contribution in [0.25, 0.3) is 0 Å². The van der Waals surface area contributed by atoms with Gasteiger partial charge >= 0.3 is 12.1 Å². The summed E-state index contributed by atoms with van der Waals surface area (Å²) in [4.78, 5) is 25.0. The van der Waals surface area contributed by atoms with Gasteiger partial charge in [0.2, 0.25) is 0 Å². The molecule has 4 amide bonds. The molecule has 8 nitrogen and oxygen atoms in total.